The predicted molar refractivity (Wildman–Crippen MR) is 115 cm³/mol. The van der Waals surface area contributed by atoms with E-state index in [-0.39, 0.29) is 23.9 Å². The van der Waals surface area contributed by atoms with Crippen LogP contribution in [0.2, 0.25) is 0 Å². The topological polar surface area (TPSA) is 64.0 Å². The van der Waals surface area contributed by atoms with Gasteiger partial charge in [0.25, 0.3) is 5.56 Å². The largest absolute Gasteiger partial charge is 0.348 e. The van der Waals surface area contributed by atoms with Crippen LogP contribution in [0.15, 0.2) is 34.4 Å². The summed E-state index contributed by atoms with van der Waals surface area (Å²) in [6.45, 7) is 8.24. The molecule has 0 saturated heterocycles. The van der Waals surface area contributed by atoms with Crippen LogP contribution in [0.5, 0.6) is 0 Å². The highest BCUT2D eigenvalue weighted by Crippen LogP contribution is 2.23. The minimum absolute atomic E-state index is 0.0369. The van der Waals surface area contributed by atoms with E-state index in [4.69, 9.17) is 0 Å². The number of thiophene rings is 1. The third-order valence-corrected chi connectivity index (χ3v) is 6.07. The van der Waals surface area contributed by atoms with Crippen LogP contribution in [-0.2, 0) is 11.3 Å². The predicted octanol–water partition coefficient (Wildman–Crippen LogP) is 4.43. The number of carbonyl (C=O) groups excluding carboxylic acids is 1. The van der Waals surface area contributed by atoms with Gasteiger partial charge in [-0.15, -0.1) is 11.3 Å². The van der Waals surface area contributed by atoms with Gasteiger partial charge in [0.2, 0.25) is 5.91 Å². The fourth-order valence-electron chi connectivity index (χ4n) is 3.39. The standard InChI is InChI=1S/C22H27N3O2S/c1-5-7-17(20-8-6-11-28-20)24-21(26)9-10-25-19-13-15(3)14(2)12-18(19)23-16(4)22(25)27/h6,8,11-13,17H,5,7,9-10H2,1-4H3,(H,24,26). The Hall–Kier alpha value is -2.47. The van der Waals surface area contributed by atoms with E-state index < -0.39 is 0 Å². The molecule has 1 aromatic carbocycles. The van der Waals surface area contributed by atoms with E-state index in [0.717, 1.165) is 35.0 Å². The van der Waals surface area contributed by atoms with E-state index in [1.54, 1.807) is 22.8 Å². The number of carbonyl (C=O) groups is 1. The number of aromatic nitrogens is 2. The maximum Gasteiger partial charge on any atom is 0.272 e. The van der Waals surface area contributed by atoms with Gasteiger partial charge in [0.1, 0.15) is 5.69 Å². The summed E-state index contributed by atoms with van der Waals surface area (Å²) in [5, 5.41) is 5.16. The smallest absolute Gasteiger partial charge is 0.272 e. The summed E-state index contributed by atoms with van der Waals surface area (Å²) in [6.07, 6.45) is 2.16. The van der Waals surface area contributed by atoms with Crippen molar-refractivity contribution in [2.45, 2.75) is 59.5 Å². The third kappa shape index (κ3) is 4.33. The van der Waals surface area contributed by atoms with E-state index in [9.17, 15) is 9.59 Å². The molecule has 3 rings (SSSR count). The van der Waals surface area contributed by atoms with Crippen molar-refractivity contribution in [1.29, 1.82) is 0 Å². The van der Waals surface area contributed by atoms with Gasteiger partial charge in [0.15, 0.2) is 0 Å². The molecule has 0 saturated carbocycles. The van der Waals surface area contributed by atoms with E-state index >= 15 is 0 Å². The van der Waals surface area contributed by atoms with Crippen LogP contribution in [0, 0.1) is 20.8 Å². The minimum Gasteiger partial charge on any atom is -0.348 e. The van der Waals surface area contributed by atoms with Gasteiger partial charge >= 0.3 is 0 Å². The maximum absolute atomic E-state index is 12.7. The molecule has 6 heteroatoms. The van der Waals surface area contributed by atoms with Gasteiger partial charge < -0.3 is 9.88 Å². The van der Waals surface area contributed by atoms with Gasteiger partial charge in [0.05, 0.1) is 17.1 Å². The molecule has 2 aromatic heterocycles. The van der Waals surface area contributed by atoms with E-state index in [1.165, 1.54) is 4.88 Å². The Morgan fingerprint density at radius 2 is 2.00 bits per heavy atom. The Kier molecular flexibility index (Phi) is 6.29. The molecule has 0 bridgehead atoms. The highest BCUT2D eigenvalue weighted by atomic mass is 32.1. The molecule has 1 atom stereocenters. The Morgan fingerprint density at radius 1 is 1.25 bits per heavy atom. The van der Waals surface area contributed by atoms with Crippen molar-refractivity contribution in [2.75, 3.05) is 0 Å². The van der Waals surface area contributed by atoms with Gasteiger partial charge in [-0.1, -0.05) is 19.4 Å². The zero-order valence-corrected chi connectivity index (χ0v) is 17.7. The van der Waals surface area contributed by atoms with E-state index in [1.807, 2.05) is 37.4 Å². The van der Waals surface area contributed by atoms with Crippen LogP contribution in [0.3, 0.4) is 0 Å². The van der Waals surface area contributed by atoms with Crippen molar-refractivity contribution in [3.8, 4) is 0 Å². The van der Waals surface area contributed by atoms with Crippen LogP contribution >= 0.6 is 11.3 Å². The van der Waals surface area contributed by atoms with Crippen LogP contribution in [0.25, 0.3) is 11.0 Å². The number of rotatable bonds is 7. The molecule has 0 radical (unpaired) electrons. The molecule has 1 unspecified atom stereocenters. The van der Waals surface area contributed by atoms with Crippen molar-refractivity contribution >= 4 is 28.3 Å². The second-order valence-corrected chi connectivity index (χ2v) is 8.23. The fraction of sp³-hybridized carbons (Fsp3) is 0.409. The molecule has 0 fully saturated rings. The summed E-state index contributed by atoms with van der Waals surface area (Å²) >= 11 is 1.66. The lowest BCUT2D eigenvalue weighted by Crippen LogP contribution is -2.31. The molecule has 2 heterocycles. The number of fused-ring (bicyclic) bond motifs is 1. The molecular formula is C22H27N3O2S. The van der Waals surface area contributed by atoms with E-state index in [0.29, 0.717) is 12.2 Å². The number of nitrogens with one attached hydrogen (secondary N) is 1. The molecule has 148 valence electrons. The van der Waals surface area contributed by atoms with Crippen LogP contribution < -0.4 is 10.9 Å². The van der Waals surface area contributed by atoms with Gasteiger partial charge in [-0.3, -0.25) is 9.59 Å². The second-order valence-electron chi connectivity index (χ2n) is 7.25. The summed E-state index contributed by atoms with van der Waals surface area (Å²) in [5.41, 5.74) is 4.15. The maximum atomic E-state index is 12.7. The van der Waals surface area contributed by atoms with Crippen molar-refractivity contribution in [3.63, 3.8) is 0 Å². The monoisotopic (exact) mass is 397 g/mol. The fourth-order valence-corrected chi connectivity index (χ4v) is 4.20. The number of amides is 1. The lowest BCUT2D eigenvalue weighted by Gasteiger charge is -2.17. The first-order chi connectivity index (χ1) is 13.4. The van der Waals surface area contributed by atoms with Crippen molar-refractivity contribution < 1.29 is 4.79 Å². The van der Waals surface area contributed by atoms with E-state index in [2.05, 4.69) is 23.3 Å². The molecular weight excluding hydrogens is 370 g/mol. The van der Waals surface area contributed by atoms with Crippen molar-refractivity contribution in [2.24, 2.45) is 0 Å². The lowest BCUT2D eigenvalue weighted by molar-refractivity contribution is -0.122. The second kappa shape index (κ2) is 8.69. The average Bonchev–Trinajstić information content (AvgIpc) is 3.18. The van der Waals surface area contributed by atoms with Crippen molar-refractivity contribution in [1.82, 2.24) is 14.9 Å². The number of aryl methyl sites for hydroxylation is 4. The summed E-state index contributed by atoms with van der Waals surface area (Å²) in [6, 6.07) is 8.09. The SMILES string of the molecule is CCCC(NC(=O)CCn1c(=O)c(C)nc2cc(C)c(C)cc21)c1cccs1. The molecule has 0 aliphatic rings. The number of benzene rings is 1. The zero-order valence-electron chi connectivity index (χ0n) is 16.9. The number of hydrogen-bond acceptors (Lipinski definition) is 4. The molecule has 0 aliphatic heterocycles. The highest BCUT2D eigenvalue weighted by molar-refractivity contribution is 7.10. The highest BCUT2D eigenvalue weighted by Gasteiger charge is 2.16. The minimum atomic E-state index is -0.132. The van der Waals surface area contributed by atoms with Crippen LogP contribution in [0.4, 0.5) is 0 Å². The van der Waals surface area contributed by atoms with Crippen LogP contribution in [-0.4, -0.2) is 15.5 Å². The number of hydrogen-bond donors (Lipinski definition) is 1. The van der Waals surface area contributed by atoms with Crippen LogP contribution in [0.1, 0.15) is 53.9 Å². The van der Waals surface area contributed by atoms with Crippen molar-refractivity contribution in [3.05, 3.63) is 61.7 Å². The third-order valence-electron chi connectivity index (χ3n) is 5.09. The van der Waals surface area contributed by atoms with Gasteiger partial charge in [-0.2, -0.15) is 0 Å². The Labute approximate surface area is 169 Å². The Balaban J connectivity index is 1.81. The molecule has 1 N–H and O–H groups in total. The molecule has 0 aliphatic carbocycles. The summed E-state index contributed by atoms with van der Waals surface area (Å²) in [7, 11) is 0. The molecule has 0 spiro atoms. The summed E-state index contributed by atoms with van der Waals surface area (Å²) in [5.74, 6) is -0.0369. The normalized spacial score (nSPS) is 12.3. The average molecular weight is 398 g/mol. The lowest BCUT2D eigenvalue weighted by atomic mass is 10.1. The first kappa shape index (κ1) is 20.3. The molecule has 5 nitrogen and oxygen atoms in total. The Morgan fingerprint density at radius 3 is 2.68 bits per heavy atom. The molecule has 1 amide bonds. The first-order valence-corrected chi connectivity index (χ1v) is 10.6. The first-order valence-electron chi connectivity index (χ1n) is 9.72. The quantitative estimate of drug-likeness (QED) is 0.641. The van der Waals surface area contributed by atoms with Gasteiger partial charge in [0, 0.05) is 17.8 Å². The molecule has 28 heavy (non-hydrogen) atoms. The number of nitrogens with zero attached hydrogens (tertiary/aromatic N) is 2. The summed E-state index contributed by atoms with van der Waals surface area (Å²) in [4.78, 5) is 30.9. The Bertz CT molecular complexity index is 1040. The van der Waals surface area contributed by atoms with Gasteiger partial charge in [-0.25, -0.2) is 4.98 Å². The zero-order chi connectivity index (χ0) is 20.3. The van der Waals surface area contributed by atoms with Gasteiger partial charge in [-0.05, 0) is 61.9 Å². The molecule has 3 aromatic rings. The summed E-state index contributed by atoms with van der Waals surface area (Å²) < 4.78 is 1.68.